The molecule has 3 rings (SSSR count). The summed E-state index contributed by atoms with van der Waals surface area (Å²) in [5.74, 6) is 7.26. The van der Waals surface area contributed by atoms with E-state index in [0.717, 1.165) is 17.8 Å². The molecule has 2 heterocycles. The summed E-state index contributed by atoms with van der Waals surface area (Å²) in [5, 5.41) is 1.17. The van der Waals surface area contributed by atoms with Gasteiger partial charge in [0.25, 0.3) is 0 Å². The quantitative estimate of drug-likeness (QED) is 0.619. The van der Waals surface area contributed by atoms with E-state index in [4.69, 9.17) is 9.47 Å². The Bertz CT molecular complexity index is 950. The lowest BCUT2D eigenvalue weighted by atomic mass is 10.2. The molecule has 0 unspecified atom stereocenters. The third kappa shape index (κ3) is 3.79. The Morgan fingerprint density at radius 1 is 1.12 bits per heavy atom. The number of aromatic nitrogens is 2. The summed E-state index contributed by atoms with van der Waals surface area (Å²) in [7, 11) is 1.68. The normalized spacial score (nSPS) is 10.0. The van der Waals surface area contributed by atoms with E-state index >= 15 is 0 Å². The minimum Gasteiger partial charge on any atom is -0.497 e. The van der Waals surface area contributed by atoms with Crippen LogP contribution < -0.4 is 9.47 Å². The average Bonchev–Trinajstić information content (AvgIpc) is 2.88. The minimum atomic E-state index is 0. The van der Waals surface area contributed by atoms with Gasteiger partial charge in [-0.05, 0) is 50.1 Å². The zero-order valence-electron chi connectivity index (χ0n) is 15.5. The molecule has 1 aromatic carbocycles. The monoisotopic (exact) mass is 370 g/mol. The van der Waals surface area contributed by atoms with Gasteiger partial charge in [-0.15, -0.1) is 18.3 Å². The maximum Gasteiger partial charge on any atom is 0.239 e. The van der Waals surface area contributed by atoms with Gasteiger partial charge < -0.3 is 14.0 Å². The van der Waals surface area contributed by atoms with Gasteiger partial charge in [-0.3, -0.25) is 0 Å². The molecule has 0 spiro atoms. The van der Waals surface area contributed by atoms with Crippen LogP contribution in [-0.2, 0) is 6.54 Å². The Hall–Kier alpha value is -2.64. The van der Waals surface area contributed by atoms with E-state index in [1.165, 1.54) is 22.2 Å². The van der Waals surface area contributed by atoms with Crippen molar-refractivity contribution in [2.45, 2.75) is 27.3 Å². The van der Waals surface area contributed by atoms with Crippen molar-refractivity contribution >= 4 is 23.3 Å². The summed E-state index contributed by atoms with van der Waals surface area (Å²) < 4.78 is 13.3. The third-order valence-electron chi connectivity index (χ3n) is 4.47. The average molecular weight is 371 g/mol. The van der Waals surface area contributed by atoms with Crippen molar-refractivity contribution in [3.05, 3.63) is 53.3 Å². The van der Waals surface area contributed by atoms with Crippen molar-refractivity contribution in [3.63, 3.8) is 0 Å². The zero-order valence-corrected chi connectivity index (χ0v) is 16.3. The fourth-order valence-corrected chi connectivity index (χ4v) is 2.96. The topological polar surface area (TPSA) is 36.3 Å². The maximum atomic E-state index is 5.82. The number of fused-ring (bicyclic) bond motifs is 1. The van der Waals surface area contributed by atoms with Crippen LogP contribution >= 0.6 is 12.4 Å². The molecule has 0 N–H and O–H groups in total. The van der Waals surface area contributed by atoms with Crippen LogP contribution in [0.2, 0.25) is 0 Å². The molecule has 0 atom stereocenters. The lowest BCUT2D eigenvalue weighted by Gasteiger charge is -2.11. The van der Waals surface area contributed by atoms with Gasteiger partial charge in [-0.2, -0.15) is 0 Å². The van der Waals surface area contributed by atoms with E-state index in [1.807, 2.05) is 18.2 Å². The van der Waals surface area contributed by atoms with Crippen LogP contribution in [-0.4, -0.2) is 23.3 Å². The molecule has 5 heteroatoms. The predicted molar refractivity (Wildman–Crippen MR) is 107 cm³/mol. The molecule has 0 aliphatic heterocycles. The highest BCUT2D eigenvalue weighted by Crippen LogP contribution is 2.31. The van der Waals surface area contributed by atoms with E-state index in [9.17, 15) is 0 Å². The summed E-state index contributed by atoms with van der Waals surface area (Å²) in [5.41, 5.74) is 4.68. The van der Waals surface area contributed by atoms with Gasteiger partial charge in [-0.25, -0.2) is 4.98 Å². The Morgan fingerprint density at radius 3 is 2.50 bits per heavy atom. The number of ether oxygens (including phenoxy) is 2. The number of aryl methyl sites for hydroxylation is 1. The highest BCUT2D eigenvalue weighted by atomic mass is 35.5. The molecule has 0 saturated carbocycles. The number of rotatable bonds is 5. The molecule has 2 aromatic heterocycles. The summed E-state index contributed by atoms with van der Waals surface area (Å²) in [4.78, 5) is 4.43. The van der Waals surface area contributed by atoms with Crippen molar-refractivity contribution in [1.29, 1.82) is 0 Å². The molecule has 0 fully saturated rings. The molecule has 0 radical (unpaired) electrons. The standard InChI is InChI=1S/C21H22N2O2.ClH/c1-5-6-13-25-21-20-19(11-12-22-21)15(2)16(3)23(20)14-17-7-9-18(24-4)10-8-17;/h7-12H,13-14H2,1-4H3;1H. The molecule has 0 saturated heterocycles. The van der Waals surface area contributed by atoms with Crippen LogP contribution in [0.3, 0.4) is 0 Å². The molecule has 3 aromatic rings. The van der Waals surface area contributed by atoms with E-state index in [2.05, 4.69) is 47.4 Å². The van der Waals surface area contributed by atoms with Crippen molar-refractivity contribution in [2.75, 3.05) is 13.7 Å². The van der Waals surface area contributed by atoms with Crippen molar-refractivity contribution in [3.8, 4) is 23.5 Å². The molecule has 26 heavy (non-hydrogen) atoms. The second kappa shape index (κ2) is 8.64. The van der Waals surface area contributed by atoms with Crippen molar-refractivity contribution < 1.29 is 9.47 Å². The van der Waals surface area contributed by atoms with Gasteiger partial charge in [0.05, 0.1) is 7.11 Å². The first-order valence-electron chi connectivity index (χ1n) is 8.25. The summed E-state index contributed by atoms with van der Waals surface area (Å²) in [6.45, 7) is 7.17. The number of benzene rings is 1. The van der Waals surface area contributed by atoms with Gasteiger partial charge >= 0.3 is 0 Å². The summed E-state index contributed by atoms with van der Waals surface area (Å²) in [6.07, 6.45) is 1.79. The molecule has 0 amide bonds. The molecule has 0 aliphatic rings. The highest BCUT2D eigenvalue weighted by Gasteiger charge is 2.16. The van der Waals surface area contributed by atoms with Crippen LogP contribution in [0.1, 0.15) is 23.7 Å². The first-order chi connectivity index (χ1) is 12.2. The predicted octanol–water partition coefficient (Wildman–Crippen LogP) is 4.53. The summed E-state index contributed by atoms with van der Waals surface area (Å²) >= 11 is 0. The Morgan fingerprint density at radius 2 is 1.85 bits per heavy atom. The number of halogens is 1. The number of hydrogen-bond acceptors (Lipinski definition) is 3. The van der Waals surface area contributed by atoms with Crippen LogP contribution in [0.25, 0.3) is 10.9 Å². The van der Waals surface area contributed by atoms with Crippen LogP contribution in [0.5, 0.6) is 11.6 Å². The Balaban J connectivity index is 0.00000243. The van der Waals surface area contributed by atoms with E-state index in [-0.39, 0.29) is 12.4 Å². The lowest BCUT2D eigenvalue weighted by molar-refractivity contribution is 0.358. The molecular formula is C21H23ClN2O2. The third-order valence-corrected chi connectivity index (χ3v) is 4.47. The number of hydrogen-bond donors (Lipinski definition) is 0. The van der Waals surface area contributed by atoms with Gasteiger partial charge in [-0.1, -0.05) is 18.1 Å². The molecular weight excluding hydrogens is 348 g/mol. The largest absolute Gasteiger partial charge is 0.497 e. The Kier molecular flexibility index (Phi) is 6.54. The minimum absolute atomic E-state index is 0. The Labute approximate surface area is 160 Å². The summed E-state index contributed by atoms with van der Waals surface area (Å²) in [6, 6.07) is 10.2. The smallest absolute Gasteiger partial charge is 0.239 e. The van der Waals surface area contributed by atoms with Gasteiger partial charge in [0.1, 0.15) is 11.3 Å². The number of nitrogens with zero attached hydrogens (tertiary/aromatic N) is 2. The number of methoxy groups -OCH3 is 1. The van der Waals surface area contributed by atoms with Crippen LogP contribution in [0, 0.1) is 25.7 Å². The first-order valence-corrected chi connectivity index (χ1v) is 8.25. The van der Waals surface area contributed by atoms with E-state index < -0.39 is 0 Å². The molecule has 0 bridgehead atoms. The van der Waals surface area contributed by atoms with Crippen LogP contribution in [0.4, 0.5) is 0 Å². The van der Waals surface area contributed by atoms with Gasteiger partial charge in [0.2, 0.25) is 5.88 Å². The van der Waals surface area contributed by atoms with E-state index in [1.54, 1.807) is 20.2 Å². The van der Waals surface area contributed by atoms with Crippen molar-refractivity contribution in [1.82, 2.24) is 9.55 Å². The zero-order chi connectivity index (χ0) is 17.8. The highest BCUT2D eigenvalue weighted by molar-refractivity contribution is 5.89. The van der Waals surface area contributed by atoms with Gasteiger partial charge in [0.15, 0.2) is 6.61 Å². The van der Waals surface area contributed by atoms with Crippen molar-refractivity contribution in [2.24, 2.45) is 0 Å². The SMILES string of the molecule is CC#CCOc1nccc2c(C)c(C)n(Cc3ccc(OC)cc3)c12.Cl. The second-order valence-electron chi connectivity index (χ2n) is 5.87. The van der Waals surface area contributed by atoms with Gasteiger partial charge in [0, 0.05) is 23.8 Å². The number of pyridine rings is 1. The lowest BCUT2D eigenvalue weighted by Crippen LogP contribution is -2.05. The maximum absolute atomic E-state index is 5.82. The first kappa shape index (κ1) is 19.7. The van der Waals surface area contributed by atoms with E-state index in [0.29, 0.717) is 12.5 Å². The molecule has 0 aliphatic carbocycles. The fourth-order valence-electron chi connectivity index (χ4n) is 2.96. The molecule has 136 valence electrons. The van der Waals surface area contributed by atoms with Crippen LogP contribution in [0.15, 0.2) is 36.5 Å². The fraction of sp³-hybridized carbons (Fsp3) is 0.286. The second-order valence-corrected chi connectivity index (χ2v) is 5.87. The molecule has 4 nitrogen and oxygen atoms in total.